The molecule has 1 rings (SSSR count). The van der Waals surface area contributed by atoms with Crippen LogP contribution in [0.2, 0.25) is 0 Å². The minimum Gasteiger partial charge on any atom is -0.395 e. The molecule has 0 aliphatic heterocycles. The second-order valence-electron chi connectivity index (χ2n) is 3.25. The van der Waals surface area contributed by atoms with Gasteiger partial charge >= 0.3 is 0 Å². The Morgan fingerprint density at radius 3 is 2.93 bits per heavy atom. The molecule has 0 fully saturated rings. The van der Waals surface area contributed by atoms with Gasteiger partial charge in [0.05, 0.1) is 12.3 Å². The molecule has 0 aliphatic rings. The first-order valence-electron chi connectivity index (χ1n) is 4.96. The number of hydrogen-bond acceptors (Lipinski definition) is 5. The standard InChI is InChI=1S/C9H17N3OS/c1-2-3-4-12(5-6-13)7-9-8-14-11-10-9/h8,13H,2-7H2,1H3. The van der Waals surface area contributed by atoms with Gasteiger partial charge in [-0.3, -0.25) is 4.90 Å². The SMILES string of the molecule is CCCCN(CCO)Cc1csnn1. The average Bonchev–Trinajstić information content (AvgIpc) is 2.67. The van der Waals surface area contributed by atoms with E-state index in [0.717, 1.165) is 31.7 Å². The Balaban J connectivity index is 2.34. The van der Waals surface area contributed by atoms with Gasteiger partial charge in [-0.2, -0.15) is 0 Å². The highest BCUT2D eigenvalue weighted by Gasteiger charge is 2.06. The third kappa shape index (κ3) is 4.13. The summed E-state index contributed by atoms with van der Waals surface area (Å²) >= 11 is 1.37. The van der Waals surface area contributed by atoms with Crippen molar-refractivity contribution < 1.29 is 5.11 Å². The molecule has 5 heteroatoms. The maximum Gasteiger partial charge on any atom is 0.0895 e. The van der Waals surface area contributed by atoms with Gasteiger partial charge in [0.25, 0.3) is 0 Å². The Morgan fingerprint density at radius 1 is 1.50 bits per heavy atom. The van der Waals surface area contributed by atoms with Crippen LogP contribution in [0.25, 0.3) is 0 Å². The van der Waals surface area contributed by atoms with E-state index in [4.69, 9.17) is 5.11 Å². The summed E-state index contributed by atoms with van der Waals surface area (Å²) in [4.78, 5) is 2.21. The molecule has 0 amide bonds. The fourth-order valence-corrected chi connectivity index (χ4v) is 1.72. The molecule has 0 aliphatic carbocycles. The molecule has 0 spiro atoms. The van der Waals surface area contributed by atoms with Crippen LogP contribution in [0, 0.1) is 0 Å². The molecule has 14 heavy (non-hydrogen) atoms. The van der Waals surface area contributed by atoms with Crippen molar-refractivity contribution in [2.24, 2.45) is 0 Å². The maximum atomic E-state index is 8.89. The monoisotopic (exact) mass is 215 g/mol. The fourth-order valence-electron chi connectivity index (χ4n) is 1.28. The van der Waals surface area contributed by atoms with Gasteiger partial charge in [0, 0.05) is 18.5 Å². The predicted molar refractivity (Wildman–Crippen MR) is 57.2 cm³/mol. The Kier molecular flexibility index (Phi) is 5.66. The predicted octanol–water partition coefficient (Wildman–Crippen LogP) is 1.13. The number of aliphatic hydroxyl groups excluding tert-OH is 1. The van der Waals surface area contributed by atoms with Gasteiger partial charge in [0.1, 0.15) is 0 Å². The zero-order valence-electron chi connectivity index (χ0n) is 8.52. The normalized spacial score (nSPS) is 11.1. The van der Waals surface area contributed by atoms with Crippen LogP contribution in [-0.2, 0) is 6.54 Å². The molecule has 1 aromatic heterocycles. The summed E-state index contributed by atoms with van der Waals surface area (Å²) in [5, 5.41) is 14.8. The summed E-state index contributed by atoms with van der Waals surface area (Å²) in [6, 6.07) is 0. The van der Waals surface area contributed by atoms with Crippen molar-refractivity contribution in [3.8, 4) is 0 Å². The van der Waals surface area contributed by atoms with Gasteiger partial charge in [-0.05, 0) is 24.5 Å². The molecule has 4 nitrogen and oxygen atoms in total. The van der Waals surface area contributed by atoms with Crippen molar-refractivity contribution in [1.29, 1.82) is 0 Å². The molecular formula is C9H17N3OS. The van der Waals surface area contributed by atoms with E-state index in [1.807, 2.05) is 5.38 Å². The number of rotatable bonds is 7. The Hall–Kier alpha value is -0.520. The van der Waals surface area contributed by atoms with Gasteiger partial charge in [0.15, 0.2) is 0 Å². The van der Waals surface area contributed by atoms with Crippen LogP contribution in [0.1, 0.15) is 25.5 Å². The molecule has 1 N–H and O–H groups in total. The minimum absolute atomic E-state index is 0.210. The number of hydrogen-bond donors (Lipinski definition) is 1. The van der Waals surface area contributed by atoms with Crippen molar-refractivity contribution in [3.05, 3.63) is 11.1 Å². The van der Waals surface area contributed by atoms with Crippen molar-refractivity contribution in [2.75, 3.05) is 19.7 Å². The van der Waals surface area contributed by atoms with Crippen LogP contribution in [0.15, 0.2) is 5.38 Å². The summed E-state index contributed by atoms with van der Waals surface area (Å²) in [7, 11) is 0. The first-order valence-corrected chi connectivity index (χ1v) is 5.79. The smallest absolute Gasteiger partial charge is 0.0895 e. The summed E-state index contributed by atoms with van der Waals surface area (Å²) < 4.78 is 3.82. The third-order valence-corrected chi connectivity index (χ3v) is 2.59. The van der Waals surface area contributed by atoms with Crippen LogP contribution < -0.4 is 0 Å². The Morgan fingerprint density at radius 2 is 2.36 bits per heavy atom. The summed E-state index contributed by atoms with van der Waals surface area (Å²) in [5.74, 6) is 0. The number of aromatic nitrogens is 2. The Bertz CT molecular complexity index is 228. The third-order valence-electron chi connectivity index (χ3n) is 2.03. The molecular weight excluding hydrogens is 198 g/mol. The van der Waals surface area contributed by atoms with Crippen LogP contribution >= 0.6 is 11.5 Å². The summed E-state index contributed by atoms with van der Waals surface area (Å²) in [6.07, 6.45) is 2.34. The molecule has 0 bridgehead atoms. The van der Waals surface area contributed by atoms with Gasteiger partial charge in [-0.15, -0.1) is 5.10 Å². The fraction of sp³-hybridized carbons (Fsp3) is 0.778. The van der Waals surface area contributed by atoms with Crippen LogP contribution in [0.4, 0.5) is 0 Å². The van der Waals surface area contributed by atoms with Gasteiger partial charge in [0.2, 0.25) is 0 Å². The summed E-state index contributed by atoms with van der Waals surface area (Å²) in [5.41, 5.74) is 1.000. The van der Waals surface area contributed by atoms with Crippen LogP contribution in [0.3, 0.4) is 0 Å². The zero-order valence-corrected chi connectivity index (χ0v) is 9.33. The van der Waals surface area contributed by atoms with E-state index in [9.17, 15) is 0 Å². The molecule has 1 heterocycles. The minimum atomic E-state index is 0.210. The van der Waals surface area contributed by atoms with E-state index in [1.54, 1.807) is 0 Å². The van der Waals surface area contributed by atoms with E-state index < -0.39 is 0 Å². The van der Waals surface area contributed by atoms with E-state index >= 15 is 0 Å². The molecule has 0 radical (unpaired) electrons. The second-order valence-corrected chi connectivity index (χ2v) is 3.86. The first-order chi connectivity index (χ1) is 6.86. The van der Waals surface area contributed by atoms with Crippen molar-refractivity contribution in [1.82, 2.24) is 14.5 Å². The molecule has 0 saturated heterocycles. The lowest BCUT2D eigenvalue weighted by atomic mass is 10.3. The van der Waals surface area contributed by atoms with Gasteiger partial charge < -0.3 is 5.11 Å². The molecule has 1 aromatic rings. The van der Waals surface area contributed by atoms with E-state index in [0.29, 0.717) is 0 Å². The molecule has 0 aromatic carbocycles. The molecule has 80 valence electrons. The van der Waals surface area contributed by atoms with Gasteiger partial charge in [-0.1, -0.05) is 17.8 Å². The van der Waals surface area contributed by atoms with Crippen LogP contribution in [0.5, 0.6) is 0 Å². The lowest BCUT2D eigenvalue weighted by Gasteiger charge is -2.19. The van der Waals surface area contributed by atoms with Gasteiger partial charge in [-0.25, -0.2) is 0 Å². The topological polar surface area (TPSA) is 49.2 Å². The highest BCUT2D eigenvalue weighted by Crippen LogP contribution is 2.04. The van der Waals surface area contributed by atoms with E-state index in [-0.39, 0.29) is 6.61 Å². The van der Waals surface area contributed by atoms with Crippen LogP contribution in [-0.4, -0.2) is 39.3 Å². The summed E-state index contributed by atoms with van der Waals surface area (Å²) in [6.45, 7) is 4.92. The number of nitrogens with zero attached hydrogens (tertiary/aromatic N) is 3. The van der Waals surface area contributed by atoms with Crippen molar-refractivity contribution in [3.63, 3.8) is 0 Å². The lowest BCUT2D eigenvalue weighted by Crippen LogP contribution is -2.27. The first kappa shape index (κ1) is 11.6. The maximum absolute atomic E-state index is 8.89. The largest absolute Gasteiger partial charge is 0.395 e. The quantitative estimate of drug-likeness (QED) is 0.741. The number of unbranched alkanes of at least 4 members (excludes halogenated alkanes) is 1. The second kappa shape index (κ2) is 6.86. The van der Waals surface area contributed by atoms with E-state index in [2.05, 4.69) is 21.4 Å². The Labute approximate surface area is 88.7 Å². The lowest BCUT2D eigenvalue weighted by molar-refractivity contribution is 0.187. The van der Waals surface area contributed by atoms with Crippen molar-refractivity contribution in [2.45, 2.75) is 26.3 Å². The molecule has 0 unspecified atom stereocenters. The molecule has 0 atom stereocenters. The van der Waals surface area contributed by atoms with Crippen molar-refractivity contribution >= 4 is 11.5 Å². The molecule has 0 saturated carbocycles. The number of aliphatic hydroxyl groups is 1. The highest BCUT2D eigenvalue weighted by atomic mass is 32.1. The van der Waals surface area contributed by atoms with E-state index in [1.165, 1.54) is 18.0 Å². The highest BCUT2D eigenvalue weighted by molar-refractivity contribution is 7.03. The zero-order chi connectivity index (χ0) is 10.2. The average molecular weight is 215 g/mol.